The number of rotatable bonds is 7. The van der Waals surface area contributed by atoms with Crippen molar-refractivity contribution in [2.24, 2.45) is 0 Å². The number of carbonyl (C=O) groups excluding carboxylic acids is 4. The summed E-state index contributed by atoms with van der Waals surface area (Å²) in [6.07, 6.45) is 0.254. The smallest absolute Gasteiger partial charge is 0.326 e. The molecule has 156 valence electrons. The van der Waals surface area contributed by atoms with Crippen LogP contribution in [0.3, 0.4) is 0 Å². The minimum atomic E-state index is -1.31. The standard InChI is InChI=1S/C21H18F2N2O5/c1-2-21(13-6-4-3-5-7-13)19(28)25(20(29)24-21)11-18(27)30-12-17(26)15-10-14(22)8-9-16(15)23/h3-10H,2,11-12H2,1H3,(H,24,29). The molecule has 0 bridgehead atoms. The Morgan fingerprint density at radius 3 is 2.47 bits per heavy atom. The van der Waals surface area contributed by atoms with Gasteiger partial charge in [-0.15, -0.1) is 0 Å². The van der Waals surface area contributed by atoms with Gasteiger partial charge >= 0.3 is 12.0 Å². The molecule has 1 unspecified atom stereocenters. The normalized spacial score (nSPS) is 18.3. The Labute approximate surface area is 170 Å². The molecule has 0 aliphatic carbocycles. The van der Waals surface area contributed by atoms with Crippen molar-refractivity contribution in [3.63, 3.8) is 0 Å². The van der Waals surface area contributed by atoms with Crippen molar-refractivity contribution in [1.29, 1.82) is 0 Å². The lowest BCUT2D eigenvalue weighted by atomic mass is 9.87. The first kappa shape index (κ1) is 21.1. The molecule has 0 saturated carbocycles. The second-order valence-electron chi connectivity index (χ2n) is 6.65. The van der Waals surface area contributed by atoms with Crippen LogP contribution in [0.15, 0.2) is 48.5 Å². The van der Waals surface area contributed by atoms with Gasteiger partial charge in [-0.05, 0) is 30.2 Å². The van der Waals surface area contributed by atoms with E-state index in [1.807, 2.05) is 0 Å². The molecule has 0 radical (unpaired) electrons. The van der Waals surface area contributed by atoms with Gasteiger partial charge in [0, 0.05) is 0 Å². The van der Waals surface area contributed by atoms with Crippen LogP contribution < -0.4 is 5.32 Å². The minimum Gasteiger partial charge on any atom is -0.456 e. The zero-order chi connectivity index (χ0) is 21.9. The second kappa shape index (κ2) is 8.40. The molecule has 3 amide bonds. The molecule has 1 aliphatic heterocycles. The first-order valence-electron chi connectivity index (χ1n) is 9.12. The lowest BCUT2D eigenvalue weighted by molar-refractivity contribution is -0.147. The van der Waals surface area contributed by atoms with Crippen LogP contribution in [0.4, 0.5) is 13.6 Å². The Morgan fingerprint density at radius 2 is 1.80 bits per heavy atom. The average molecular weight is 416 g/mol. The number of hydrogen-bond acceptors (Lipinski definition) is 5. The van der Waals surface area contributed by atoms with Crippen LogP contribution in [0.5, 0.6) is 0 Å². The first-order valence-corrected chi connectivity index (χ1v) is 9.12. The van der Waals surface area contributed by atoms with Gasteiger partial charge in [-0.1, -0.05) is 37.3 Å². The maximum atomic E-state index is 13.6. The number of nitrogens with one attached hydrogen (secondary N) is 1. The van der Waals surface area contributed by atoms with E-state index in [9.17, 15) is 28.0 Å². The number of carbonyl (C=O) groups is 4. The van der Waals surface area contributed by atoms with Crippen molar-refractivity contribution in [2.45, 2.75) is 18.9 Å². The van der Waals surface area contributed by atoms with E-state index in [1.54, 1.807) is 37.3 Å². The number of nitrogens with zero attached hydrogens (tertiary/aromatic N) is 1. The SMILES string of the molecule is CCC1(c2ccccc2)NC(=O)N(CC(=O)OCC(=O)c2cc(F)ccc2F)C1=O. The van der Waals surface area contributed by atoms with Gasteiger partial charge < -0.3 is 10.1 Å². The Bertz CT molecular complexity index is 1010. The van der Waals surface area contributed by atoms with Gasteiger partial charge in [0.25, 0.3) is 5.91 Å². The summed E-state index contributed by atoms with van der Waals surface area (Å²) in [6.45, 7) is 0.137. The highest BCUT2D eigenvalue weighted by Gasteiger charge is 2.51. The maximum absolute atomic E-state index is 13.6. The zero-order valence-corrected chi connectivity index (χ0v) is 16.0. The predicted octanol–water partition coefficient (Wildman–Crippen LogP) is 2.55. The minimum absolute atomic E-state index is 0.254. The van der Waals surface area contributed by atoms with Crippen molar-refractivity contribution >= 4 is 23.7 Å². The van der Waals surface area contributed by atoms with Crippen LogP contribution in [0.1, 0.15) is 29.3 Å². The third-order valence-electron chi connectivity index (χ3n) is 4.85. The average Bonchev–Trinajstić information content (AvgIpc) is 2.99. The van der Waals surface area contributed by atoms with Crippen LogP contribution >= 0.6 is 0 Å². The van der Waals surface area contributed by atoms with E-state index >= 15 is 0 Å². The molecule has 1 N–H and O–H groups in total. The lowest BCUT2D eigenvalue weighted by Crippen LogP contribution is -2.44. The highest BCUT2D eigenvalue weighted by atomic mass is 19.1. The van der Waals surface area contributed by atoms with Crippen LogP contribution in [-0.2, 0) is 19.9 Å². The molecule has 0 aromatic heterocycles. The third kappa shape index (κ3) is 3.91. The number of halogens is 2. The van der Waals surface area contributed by atoms with Crippen molar-refractivity contribution in [2.75, 3.05) is 13.2 Å². The fraction of sp³-hybridized carbons (Fsp3) is 0.238. The Balaban J connectivity index is 1.67. The number of esters is 1. The van der Waals surface area contributed by atoms with Gasteiger partial charge in [-0.2, -0.15) is 0 Å². The van der Waals surface area contributed by atoms with E-state index in [-0.39, 0.29) is 6.42 Å². The van der Waals surface area contributed by atoms with E-state index in [1.165, 1.54) is 0 Å². The predicted molar refractivity (Wildman–Crippen MR) is 100 cm³/mol. The molecular formula is C21H18F2N2O5. The summed E-state index contributed by atoms with van der Waals surface area (Å²) in [4.78, 5) is 50.0. The summed E-state index contributed by atoms with van der Waals surface area (Å²) in [5.41, 5.74) is -1.30. The summed E-state index contributed by atoms with van der Waals surface area (Å²) < 4.78 is 31.6. The summed E-state index contributed by atoms with van der Waals surface area (Å²) in [6, 6.07) is 10.1. The van der Waals surface area contributed by atoms with Crippen molar-refractivity contribution in [1.82, 2.24) is 10.2 Å². The van der Waals surface area contributed by atoms with E-state index in [4.69, 9.17) is 4.74 Å². The lowest BCUT2D eigenvalue weighted by Gasteiger charge is -2.25. The number of hydrogen-bond donors (Lipinski definition) is 1. The number of urea groups is 1. The molecule has 1 saturated heterocycles. The van der Waals surface area contributed by atoms with E-state index < -0.39 is 59.6 Å². The molecule has 1 atom stereocenters. The molecular weight excluding hydrogens is 398 g/mol. The van der Waals surface area contributed by atoms with Gasteiger partial charge in [0.1, 0.15) is 23.7 Å². The highest BCUT2D eigenvalue weighted by molar-refractivity contribution is 6.09. The van der Waals surface area contributed by atoms with E-state index in [0.29, 0.717) is 16.5 Å². The van der Waals surface area contributed by atoms with Crippen LogP contribution in [-0.4, -0.2) is 41.7 Å². The zero-order valence-electron chi connectivity index (χ0n) is 16.0. The Kier molecular flexibility index (Phi) is 5.91. The molecule has 1 aliphatic rings. The largest absolute Gasteiger partial charge is 0.456 e. The van der Waals surface area contributed by atoms with Gasteiger partial charge in [0.05, 0.1) is 5.56 Å². The van der Waals surface area contributed by atoms with Gasteiger partial charge in [-0.25, -0.2) is 13.6 Å². The van der Waals surface area contributed by atoms with Crippen LogP contribution in [0, 0.1) is 11.6 Å². The molecule has 2 aromatic carbocycles. The summed E-state index contributed by atoms with van der Waals surface area (Å²) in [5, 5.41) is 2.61. The molecule has 9 heteroatoms. The summed E-state index contributed by atoms with van der Waals surface area (Å²) >= 11 is 0. The van der Waals surface area contributed by atoms with Crippen LogP contribution in [0.2, 0.25) is 0 Å². The second-order valence-corrected chi connectivity index (χ2v) is 6.65. The molecule has 30 heavy (non-hydrogen) atoms. The number of amides is 3. The maximum Gasteiger partial charge on any atom is 0.326 e. The van der Waals surface area contributed by atoms with Crippen molar-refractivity contribution in [3.05, 3.63) is 71.3 Å². The van der Waals surface area contributed by atoms with Crippen molar-refractivity contribution < 1.29 is 32.7 Å². The number of ketones is 1. The fourth-order valence-corrected chi connectivity index (χ4v) is 3.24. The summed E-state index contributed by atoms with van der Waals surface area (Å²) in [7, 11) is 0. The number of Topliss-reactive ketones (excluding diaryl/α,β-unsaturated/α-hetero) is 1. The molecule has 0 spiro atoms. The Hall–Kier alpha value is -3.62. The monoisotopic (exact) mass is 416 g/mol. The number of ether oxygens (including phenoxy) is 1. The van der Waals surface area contributed by atoms with Gasteiger partial charge in [-0.3, -0.25) is 19.3 Å². The third-order valence-corrected chi connectivity index (χ3v) is 4.85. The molecule has 2 aromatic rings. The van der Waals surface area contributed by atoms with E-state index in [2.05, 4.69) is 5.32 Å². The summed E-state index contributed by atoms with van der Waals surface area (Å²) in [5.74, 6) is -4.39. The van der Waals surface area contributed by atoms with Gasteiger partial charge in [0.2, 0.25) is 5.78 Å². The van der Waals surface area contributed by atoms with Crippen molar-refractivity contribution in [3.8, 4) is 0 Å². The van der Waals surface area contributed by atoms with E-state index in [0.717, 1.165) is 12.1 Å². The fourth-order valence-electron chi connectivity index (χ4n) is 3.24. The molecule has 3 rings (SSSR count). The quantitative estimate of drug-likeness (QED) is 0.425. The van der Waals surface area contributed by atoms with Crippen LogP contribution in [0.25, 0.3) is 0 Å². The topological polar surface area (TPSA) is 92.8 Å². The molecule has 1 heterocycles. The Morgan fingerprint density at radius 1 is 1.10 bits per heavy atom. The highest BCUT2D eigenvalue weighted by Crippen LogP contribution is 2.32. The number of benzene rings is 2. The first-order chi connectivity index (χ1) is 14.3. The molecule has 7 nitrogen and oxygen atoms in total. The van der Waals surface area contributed by atoms with Gasteiger partial charge in [0.15, 0.2) is 6.61 Å². The number of imide groups is 1. The molecule has 1 fully saturated rings.